The van der Waals surface area contributed by atoms with Gasteiger partial charge in [-0.3, -0.25) is 0 Å². The second kappa shape index (κ2) is 6.64. The third-order valence-corrected chi connectivity index (χ3v) is 3.56. The Labute approximate surface area is 126 Å². The van der Waals surface area contributed by atoms with Crippen LogP contribution in [0.15, 0.2) is 36.4 Å². The van der Waals surface area contributed by atoms with Crippen molar-refractivity contribution in [2.45, 2.75) is 26.8 Å². The van der Waals surface area contributed by atoms with Gasteiger partial charge in [-0.15, -0.1) is 0 Å². The van der Waals surface area contributed by atoms with Gasteiger partial charge in [0.05, 0.1) is 13.2 Å². The maximum Gasteiger partial charge on any atom is 0.161 e. The van der Waals surface area contributed by atoms with E-state index in [0.29, 0.717) is 6.61 Å². The zero-order valence-corrected chi connectivity index (χ0v) is 13.1. The van der Waals surface area contributed by atoms with Gasteiger partial charge >= 0.3 is 0 Å². The molecular formula is C18H23NO2. The van der Waals surface area contributed by atoms with Gasteiger partial charge in [-0.2, -0.15) is 0 Å². The van der Waals surface area contributed by atoms with Crippen molar-refractivity contribution in [2.75, 3.05) is 13.7 Å². The van der Waals surface area contributed by atoms with E-state index in [0.717, 1.165) is 22.6 Å². The molecule has 21 heavy (non-hydrogen) atoms. The molecule has 2 N–H and O–H groups in total. The lowest BCUT2D eigenvalue weighted by Gasteiger charge is -2.17. The molecule has 0 aliphatic carbocycles. The van der Waals surface area contributed by atoms with Crippen molar-refractivity contribution in [2.24, 2.45) is 5.73 Å². The molecule has 0 aliphatic rings. The number of benzene rings is 2. The van der Waals surface area contributed by atoms with Crippen molar-refractivity contribution in [3.63, 3.8) is 0 Å². The van der Waals surface area contributed by atoms with Gasteiger partial charge in [-0.25, -0.2) is 0 Å². The molecule has 0 radical (unpaired) electrons. The highest BCUT2D eigenvalue weighted by Crippen LogP contribution is 2.28. The van der Waals surface area contributed by atoms with E-state index in [1.807, 2.05) is 25.1 Å². The number of hydrogen-bond donors (Lipinski definition) is 1. The number of hydrogen-bond acceptors (Lipinski definition) is 3. The molecule has 0 spiro atoms. The second-order valence-electron chi connectivity index (χ2n) is 5.43. The van der Waals surface area contributed by atoms with E-state index in [9.17, 15) is 0 Å². The zero-order valence-electron chi connectivity index (χ0n) is 13.1. The van der Waals surface area contributed by atoms with E-state index < -0.39 is 0 Å². The summed E-state index contributed by atoms with van der Waals surface area (Å²) < 4.78 is 11.2. The van der Waals surface area contributed by atoms with Gasteiger partial charge in [0, 0.05) is 0 Å². The van der Waals surface area contributed by atoms with Crippen molar-refractivity contribution >= 4 is 0 Å². The summed E-state index contributed by atoms with van der Waals surface area (Å²) in [5.41, 5.74) is 10.9. The first-order valence-corrected chi connectivity index (χ1v) is 7.11. The maximum absolute atomic E-state index is 6.25. The lowest BCUT2D eigenvalue weighted by molar-refractivity contribution is 0.273. The van der Waals surface area contributed by atoms with E-state index in [1.54, 1.807) is 7.11 Å². The molecule has 3 heteroatoms. The topological polar surface area (TPSA) is 44.5 Å². The van der Waals surface area contributed by atoms with Gasteiger partial charge in [0.25, 0.3) is 0 Å². The summed E-state index contributed by atoms with van der Waals surface area (Å²) in [6.45, 7) is 6.60. The molecule has 2 rings (SSSR count). The Kier molecular flexibility index (Phi) is 4.86. The van der Waals surface area contributed by atoms with E-state index in [2.05, 4.69) is 32.0 Å². The number of ether oxygens (including phenoxy) is 2. The normalized spacial score (nSPS) is 12.0. The average Bonchev–Trinajstić information content (AvgIpc) is 2.45. The largest absolute Gasteiger partial charge is 0.493 e. The first-order chi connectivity index (χ1) is 10.0. The summed E-state index contributed by atoms with van der Waals surface area (Å²) in [5, 5.41) is 0. The number of nitrogens with two attached hydrogens (primary N) is 1. The van der Waals surface area contributed by atoms with Gasteiger partial charge in [0.1, 0.15) is 6.61 Å². The minimum absolute atomic E-state index is 0.156. The Hall–Kier alpha value is -2.00. The minimum Gasteiger partial charge on any atom is -0.493 e. The molecular weight excluding hydrogens is 262 g/mol. The Balaban J connectivity index is 2.09. The molecule has 0 fully saturated rings. The lowest BCUT2D eigenvalue weighted by atomic mass is 10.0. The lowest BCUT2D eigenvalue weighted by Crippen LogP contribution is -2.20. The number of methoxy groups -OCH3 is 1. The Morgan fingerprint density at radius 3 is 2.29 bits per heavy atom. The molecule has 2 aromatic rings. The quantitative estimate of drug-likeness (QED) is 0.911. The van der Waals surface area contributed by atoms with Gasteiger partial charge in [-0.05, 0) is 49.6 Å². The van der Waals surface area contributed by atoms with Crippen molar-refractivity contribution in [1.82, 2.24) is 0 Å². The highest BCUT2D eigenvalue weighted by Gasteiger charge is 2.12. The van der Waals surface area contributed by atoms with Crippen LogP contribution in [0.25, 0.3) is 0 Å². The molecule has 0 aromatic heterocycles. The predicted octanol–water partition coefficient (Wildman–Crippen LogP) is 3.70. The molecule has 2 aromatic carbocycles. The minimum atomic E-state index is -0.156. The van der Waals surface area contributed by atoms with Crippen LogP contribution in [0.3, 0.4) is 0 Å². The van der Waals surface area contributed by atoms with Crippen LogP contribution in [0.1, 0.15) is 28.3 Å². The summed E-state index contributed by atoms with van der Waals surface area (Å²) in [5.74, 6) is 1.46. The van der Waals surface area contributed by atoms with Crippen LogP contribution in [0.4, 0.5) is 0 Å². The van der Waals surface area contributed by atoms with E-state index >= 15 is 0 Å². The molecule has 0 amide bonds. The number of rotatable bonds is 5. The molecule has 0 aliphatic heterocycles. The Bertz CT molecular complexity index is 623. The second-order valence-corrected chi connectivity index (χ2v) is 5.43. The Morgan fingerprint density at radius 2 is 1.62 bits per heavy atom. The summed E-state index contributed by atoms with van der Waals surface area (Å²) in [6, 6.07) is 12.0. The summed E-state index contributed by atoms with van der Waals surface area (Å²) >= 11 is 0. The maximum atomic E-state index is 6.25. The first kappa shape index (κ1) is 15.4. The molecule has 0 heterocycles. The van der Waals surface area contributed by atoms with Crippen molar-refractivity contribution < 1.29 is 9.47 Å². The van der Waals surface area contributed by atoms with Crippen LogP contribution < -0.4 is 15.2 Å². The molecule has 1 unspecified atom stereocenters. The SMILES string of the molecule is COc1cc(C)ccc1OCC(N)c1ccc(C)cc1C. The summed E-state index contributed by atoms with van der Waals surface area (Å²) in [7, 11) is 1.64. The van der Waals surface area contributed by atoms with Crippen LogP contribution in [0, 0.1) is 20.8 Å². The van der Waals surface area contributed by atoms with E-state index in [4.69, 9.17) is 15.2 Å². The standard InChI is InChI=1S/C18H23NO2/c1-12-5-7-15(14(3)9-12)16(19)11-21-17-8-6-13(2)10-18(17)20-4/h5-10,16H,11,19H2,1-4H3. The average molecular weight is 285 g/mol. The molecule has 0 bridgehead atoms. The van der Waals surface area contributed by atoms with E-state index in [-0.39, 0.29) is 6.04 Å². The van der Waals surface area contributed by atoms with Crippen molar-refractivity contribution in [3.8, 4) is 11.5 Å². The molecule has 0 saturated carbocycles. The van der Waals surface area contributed by atoms with Crippen LogP contribution in [0.5, 0.6) is 11.5 Å². The van der Waals surface area contributed by atoms with Crippen LogP contribution in [-0.4, -0.2) is 13.7 Å². The molecule has 1 atom stereocenters. The highest BCUT2D eigenvalue weighted by molar-refractivity contribution is 5.42. The van der Waals surface area contributed by atoms with Crippen LogP contribution in [0.2, 0.25) is 0 Å². The van der Waals surface area contributed by atoms with Gasteiger partial charge in [-0.1, -0.05) is 29.8 Å². The van der Waals surface area contributed by atoms with Gasteiger partial charge in [0.2, 0.25) is 0 Å². The molecule has 0 saturated heterocycles. The predicted molar refractivity (Wildman–Crippen MR) is 86.1 cm³/mol. The van der Waals surface area contributed by atoms with Crippen molar-refractivity contribution in [1.29, 1.82) is 0 Å². The highest BCUT2D eigenvalue weighted by atomic mass is 16.5. The van der Waals surface area contributed by atoms with Crippen molar-refractivity contribution in [3.05, 3.63) is 58.7 Å². The Morgan fingerprint density at radius 1 is 0.952 bits per heavy atom. The van der Waals surface area contributed by atoms with Crippen LogP contribution >= 0.6 is 0 Å². The van der Waals surface area contributed by atoms with Crippen LogP contribution in [-0.2, 0) is 0 Å². The fourth-order valence-corrected chi connectivity index (χ4v) is 2.41. The smallest absolute Gasteiger partial charge is 0.161 e. The third kappa shape index (κ3) is 3.76. The molecule has 3 nitrogen and oxygen atoms in total. The summed E-state index contributed by atoms with van der Waals surface area (Å²) in [6.07, 6.45) is 0. The fourth-order valence-electron chi connectivity index (χ4n) is 2.41. The van der Waals surface area contributed by atoms with E-state index in [1.165, 1.54) is 11.1 Å². The number of aryl methyl sites for hydroxylation is 3. The fraction of sp³-hybridized carbons (Fsp3) is 0.333. The van der Waals surface area contributed by atoms with Gasteiger partial charge in [0.15, 0.2) is 11.5 Å². The summed E-state index contributed by atoms with van der Waals surface area (Å²) in [4.78, 5) is 0. The zero-order chi connectivity index (χ0) is 15.4. The third-order valence-electron chi connectivity index (χ3n) is 3.56. The first-order valence-electron chi connectivity index (χ1n) is 7.11. The van der Waals surface area contributed by atoms with Gasteiger partial charge < -0.3 is 15.2 Å². The monoisotopic (exact) mass is 285 g/mol. The molecule has 112 valence electrons.